The van der Waals surface area contributed by atoms with Crippen LogP contribution in [-0.4, -0.2) is 9.55 Å². The molecule has 0 radical (unpaired) electrons. The number of aromatic amines is 1. The molecule has 0 saturated carbocycles. The summed E-state index contributed by atoms with van der Waals surface area (Å²) in [5.74, 6) is -0.383. The first kappa shape index (κ1) is 15.3. The molecule has 1 N–H and O–H groups in total. The SMILES string of the molecule is Fc1cc2[nH]c(=S)n(-c3cc(Cl)c(Cl)cc3Cl)c2cc1Br. The number of hydrogen-bond donors (Lipinski definition) is 1. The first-order valence-corrected chi connectivity index (χ1v) is 7.96. The van der Waals surface area contributed by atoms with Crippen LogP contribution in [0.1, 0.15) is 0 Å². The number of nitrogens with zero attached hydrogens (tertiary/aromatic N) is 1. The van der Waals surface area contributed by atoms with Gasteiger partial charge in [0.05, 0.1) is 36.3 Å². The van der Waals surface area contributed by atoms with Gasteiger partial charge in [-0.05, 0) is 46.3 Å². The van der Waals surface area contributed by atoms with Crippen LogP contribution < -0.4 is 0 Å². The summed E-state index contributed by atoms with van der Waals surface area (Å²) in [6, 6.07) is 6.14. The smallest absolute Gasteiger partial charge is 0.182 e. The number of hydrogen-bond acceptors (Lipinski definition) is 1. The highest BCUT2D eigenvalue weighted by atomic mass is 79.9. The van der Waals surface area contributed by atoms with Crippen LogP contribution in [0.3, 0.4) is 0 Å². The second kappa shape index (κ2) is 5.56. The number of halogens is 5. The molecule has 2 nitrogen and oxygen atoms in total. The third-order valence-electron chi connectivity index (χ3n) is 2.95. The predicted octanol–water partition coefficient (Wildman–Crippen LogP) is 6.55. The first-order valence-electron chi connectivity index (χ1n) is 5.63. The van der Waals surface area contributed by atoms with Gasteiger partial charge in [-0.25, -0.2) is 4.39 Å². The van der Waals surface area contributed by atoms with Crippen molar-refractivity contribution in [2.45, 2.75) is 0 Å². The molecule has 8 heteroatoms. The summed E-state index contributed by atoms with van der Waals surface area (Å²) >= 11 is 26.7. The summed E-state index contributed by atoms with van der Waals surface area (Å²) < 4.78 is 16.0. The van der Waals surface area contributed by atoms with Gasteiger partial charge < -0.3 is 4.98 Å². The van der Waals surface area contributed by atoms with E-state index in [0.29, 0.717) is 41.0 Å². The van der Waals surface area contributed by atoms with Gasteiger partial charge in [0.1, 0.15) is 5.82 Å². The lowest BCUT2D eigenvalue weighted by Crippen LogP contribution is -1.96. The van der Waals surface area contributed by atoms with Crippen molar-refractivity contribution in [2.75, 3.05) is 0 Å². The lowest BCUT2D eigenvalue weighted by Gasteiger charge is -2.09. The molecule has 0 unspecified atom stereocenters. The Labute approximate surface area is 147 Å². The molecule has 21 heavy (non-hydrogen) atoms. The van der Waals surface area contributed by atoms with Gasteiger partial charge >= 0.3 is 0 Å². The number of benzene rings is 2. The molecule has 3 aromatic rings. The topological polar surface area (TPSA) is 20.7 Å². The molecule has 0 spiro atoms. The molecule has 3 rings (SSSR count). The van der Waals surface area contributed by atoms with Crippen molar-refractivity contribution < 1.29 is 4.39 Å². The van der Waals surface area contributed by atoms with Crippen molar-refractivity contribution in [1.82, 2.24) is 9.55 Å². The van der Waals surface area contributed by atoms with E-state index < -0.39 is 0 Å². The predicted molar refractivity (Wildman–Crippen MR) is 91.1 cm³/mol. The number of nitrogens with one attached hydrogen (secondary N) is 1. The van der Waals surface area contributed by atoms with Gasteiger partial charge in [0.15, 0.2) is 4.77 Å². The van der Waals surface area contributed by atoms with E-state index in [4.69, 9.17) is 47.0 Å². The Morgan fingerprint density at radius 1 is 1.05 bits per heavy atom. The zero-order valence-corrected chi connectivity index (χ0v) is 14.7. The molecule has 0 saturated heterocycles. The fourth-order valence-electron chi connectivity index (χ4n) is 2.02. The summed E-state index contributed by atoms with van der Waals surface area (Å²) in [6.07, 6.45) is 0. The minimum Gasteiger partial charge on any atom is -0.330 e. The standard InChI is InChI=1S/C13H5BrCl3FN2S/c14-5-1-12-10(4-9(5)18)19-13(21)20(12)11-3-7(16)6(15)2-8(11)17/h1-4H,(H,19,21). The number of imidazole rings is 1. The van der Waals surface area contributed by atoms with Crippen LogP contribution in [0.5, 0.6) is 0 Å². The molecule has 0 fully saturated rings. The van der Waals surface area contributed by atoms with Gasteiger partial charge in [-0.3, -0.25) is 4.57 Å². The number of aromatic nitrogens is 2. The zero-order valence-electron chi connectivity index (χ0n) is 10.1. The Balaban J connectivity index is 2.40. The average Bonchev–Trinajstić information content (AvgIpc) is 2.70. The van der Waals surface area contributed by atoms with Gasteiger partial charge in [0.2, 0.25) is 0 Å². The summed E-state index contributed by atoms with van der Waals surface area (Å²) in [5.41, 5.74) is 1.80. The molecule has 1 heterocycles. The maximum atomic E-state index is 13.6. The molecule has 0 aliphatic heterocycles. The number of fused-ring (bicyclic) bond motifs is 1. The number of rotatable bonds is 1. The molecular weight excluding hydrogens is 421 g/mol. The van der Waals surface area contributed by atoms with E-state index in [2.05, 4.69) is 20.9 Å². The Kier molecular flexibility index (Phi) is 4.05. The van der Waals surface area contributed by atoms with Gasteiger partial charge in [-0.15, -0.1) is 0 Å². The lowest BCUT2D eigenvalue weighted by atomic mass is 10.2. The van der Waals surface area contributed by atoms with Gasteiger partial charge in [0.25, 0.3) is 0 Å². The van der Waals surface area contributed by atoms with E-state index in [1.165, 1.54) is 6.07 Å². The van der Waals surface area contributed by atoms with Crippen LogP contribution in [0.4, 0.5) is 4.39 Å². The van der Waals surface area contributed by atoms with Crippen LogP contribution in [-0.2, 0) is 0 Å². The molecule has 0 aliphatic carbocycles. The van der Waals surface area contributed by atoms with Crippen molar-refractivity contribution in [1.29, 1.82) is 0 Å². The second-order valence-electron chi connectivity index (χ2n) is 4.27. The van der Waals surface area contributed by atoms with Crippen LogP contribution >= 0.6 is 63.0 Å². The Bertz CT molecular complexity index is 935. The lowest BCUT2D eigenvalue weighted by molar-refractivity contribution is 0.623. The minimum absolute atomic E-state index is 0.328. The highest BCUT2D eigenvalue weighted by Crippen LogP contribution is 2.34. The maximum absolute atomic E-state index is 13.6. The number of H-pyrrole nitrogens is 1. The zero-order chi connectivity index (χ0) is 15.3. The summed E-state index contributed by atoms with van der Waals surface area (Å²) in [7, 11) is 0. The highest BCUT2D eigenvalue weighted by molar-refractivity contribution is 9.10. The third-order valence-corrected chi connectivity index (χ3v) is 4.87. The molecular formula is C13H5BrCl3FN2S. The summed E-state index contributed by atoms with van der Waals surface area (Å²) in [6.45, 7) is 0. The monoisotopic (exact) mass is 424 g/mol. The quantitative estimate of drug-likeness (QED) is 0.346. The highest BCUT2D eigenvalue weighted by Gasteiger charge is 2.14. The van der Waals surface area contributed by atoms with Gasteiger partial charge in [-0.2, -0.15) is 0 Å². The van der Waals surface area contributed by atoms with E-state index in [1.54, 1.807) is 22.8 Å². The third kappa shape index (κ3) is 2.62. The largest absolute Gasteiger partial charge is 0.330 e. The van der Waals surface area contributed by atoms with Crippen LogP contribution in [0.15, 0.2) is 28.7 Å². The van der Waals surface area contributed by atoms with Gasteiger partial charge in [0, 0.05) is 6.07 Å². The van der Waals surface area contributed by atoms with Crippen molar-refractivity contribution in [3.05, 3.63) is 54.4 Å². The molecule has 0 atom stereocenters. The van der Waals surface area contributed by atoms with E-state index in [1.807, 2.05) is 0 Å². The van der Waals surface area contributed by atoms with Crippen LogP contribution in [0.25, 0.3) is 16.7 Å². The normalized spacial score (nSPS) is 11.3. The molecule has 0 aliphatic rings. The van der Waals surface area contributed by atoms with Crippen molar-refractivity contribution >= 4 is 74.0 Å². The molecule has 0 amide bonds. The van der Waals surface area contributed by atoms with E-state index in [9.17, 15) is 4.39 Å². The van der Waals surface area contributed by atoms with Crippen molar-refractivity contribution in [3.8, 4) is 5.69 Å². The summed E-state index contributed by atoms with van der Waals surface area (Å²) in [5, 5.41) is 1.10. The van der Waals surface area contributed by atoms with Crippen molar-refractivity contribution in [3.63, 3.8) is 0 Å². The molecule has 0 bridgehead atoms. The summed E-state index contributed by atoms with van der Waals surface area (Å²) in [4.78, 5) is 2.94. The van der Waals surface area contributed by atoms with Crippen molar-refractivity contribution in [2.24, 2.45) is 0 Å². The first-order chi connectivity index (χ1) is 9.88. The van der Waals surface area contributed by atoms with E-state index in [0.717, 1.165) is 0 Å². The van der Waals surface area contributed by atoms with E-state index in [-0.39, 0.29) is 5.82 Å². The second-order valence-corrected chi connectivity index (χ2v) is 6.73. The maximum Gasteiger partial charge on any atom is 0.182 e. The fourth-order valence-corrected chi connectivity index (χ4v) is 3.29. The minimum atomic E-state index is -0.383. The molecule has 2 aromatic carbocycles. The van der Waals surface area contributed by atoms with E-state index >= 15 is 0 Å². The fraction of sp³-hybridized carbons (Fsp3) is 0. The Hall–Kier alpha value is -0.590. The average molecular weight is 427 g/mol. The van der Waals surface area contributed by atoms with Crippen LogP contribution in [0.2, 0.25) is 15.1 Å². The molecule has 1 aromatic heterocycles. The molecule has 108 valence electrons. The van der Waals surface area contributed by atoms with Gasteiger partial charge in [-0.1, -0.05) is 34.8 Å². The Morgan fingerprint density at radius 3 is 2.43 bits per heavy atom. The van der Waals surface area contributed by atoms with Crippen LogP contribution in [0, 0.1) is 10.6 Å². The Morgan fingerprint density at radius 2 is 1.71 bits per heavy atom.